The number of hydrogen-bond donors (Lipinski definition) is 1. The van der Waals surface area contributed by atoms with Gasteiger partial charge in [0.2, 0.25) is 0 Å². The van der Waals surface area contributed by atoms with Crippen LogP contribution in [0, 0.1) is 17.2 Å². The Labute approximate surface area is 125 Å². The molecule has 1 aromatic carbocycles. The third-order valence-corrected chi connectivity index (χ3v) is 3.82. The number of nitriles is 1. The Hall–Kier alpha value is -1.77. The summed E-state index contributed by atoms with van der Waals surface area (Å²) < 4.78 is 11.0. The minimum absolute atomic E-state index is 0.265. The maximum absolute atomic E-state index is 9.23. The average molecular weight is 290 g/mol. The Balaban J connectivity index is 1.84. The van der Waals surface area contributed by atoms with Gasteiger partial charge < -0.3 is 14.6 Å². The Morgan fingerprint density at radius 2 is 2.29 bits per heavy atom. The molecule has 0 spiro atoms. The maximum Gasteiger partial charge on any atom is 0.162 e. The van der Waals surface area contributed by atoms with Crippen LogP contribution in [0.15, 0.2) is 18.2 Å². The number of piperidine rings is 1. The van der Waals surface area contributed by atoms with Crippen LogP contribution in [0.1, 0.15) is 18.4 Å². The lowest BCUT2D eigenvalue weighted by atomic mass is 9.99. The molecule has 0 aromatic heterocycles. The Kier molecular flexibility index (Phi) is 5.85. The van der Waals surface area contributed by atoms with Crippen LogP contribution in [0.3, 0.4) is 0 Å². The molecule has 2 rings (SSSR count). The van der Waals surface area contributed by atoms with Crippen LogP contribution in [0.4, 0.5) is 0 Å². The number of nitrogens with zero attached hydrogens (tertiary/aromatic N) is 2. The highest BCUT2D eigenvalue weighted by molar-refractivity contribution is 5.46. The number of methoxy groups -OCH3 is 1. The number of hydrogen-bond acceptors (Lipinski definition) is 5. The molecule has 1 unspecified atom stereocenters. The quantitative estimate of drug-likeness (QED) is 0.863. The van der Waals surface area contributed by atoms with E-state index in [4.69, 9.17) is 14.7 Å². The summed E-state index contributed by atoms with van der Waals surface area (Å²) in [5.74, 6) is 1.64. The molecule has 1 atom stereocenters. The summed E-state index contributed by atoms with van der Waals surface area (Å²) in [5, 5.41) is 18.1. The van der Waals surface area contributed by atoms with Crippen LogP contribution in [-0.2, 0) is 0 Å². The van der Waals surface area contributed by atoms with E-state index in [-0.39, 0.29) is 6.61 Å². The van der Waals surface area contributed by atoms with Crippen LogP contribution in [-0.4, -0.2) is 50.0 Å². The molecule has 5 nitrogen and oxygen atoms in total. The summed E-state index contributed by atoms with van der Waals surface area (Å²) in [4.78, 5) is 2.32. The average Bonchev–Trinajstić information content (AvgIpc) is 2.55. The van der Waals surface area contributed by atoms with Crippen molar-refractivity contribution in [2.24, 2.45) is 5.92 Å². The van der Waals surface area contributed by atoms with Gasteiger partial charge in [0.15, 0.2) is 11.5 Å². The highest BCUT2D eigenvalue weighted by Gasteiger charge is 2.18. The summed E-state index contributed by atoms with van der Waals surface area (Å²) in [6.07, 6.45) is 2.24. The van der Waals surface area contributed by atoms with Gasteiger partial charge in [-0.25, -0.2) is 0 Å². The first-order valence-corrected chi connectivity index (χ1v) is 7.31. The highest BCUT2D eigenvalue weighted by atomic mass is 16.5. The van der Waals surface area contributed by atoms with Gasteiger partial charge >= 0.3 is 0 Å². The van der Waals surface area contributed by atoms with Crippen molar-refractivity contribution >= 4 is 0 Å². The van der Waals surface area contributed by atoms with E-state index in [2.05, 4.69) is 11.0 Å². The molecule has 21 heavy (non-hydrogen) atoms. The topological polar surface area (TPSA) is 65.7 Å². The van der Waals surface area contributed by atoms with E-state index in [0.29, 0.717) is 29.6 Å². The van der Waals surface area contributed by atoms with E-state index >= 15 is 0 Å². The van der Waals surface area contributed by atoms with Gasteiger partial charge in [0.25, 0.3) is 0 Å². The SMILES string of the molecule is COc1cc(C#N)ccc1OCCN1CCCC(CO)C1. The van der Waals surface area contributed by atoms with Gasteiger partial charge in [-0.2, -0.15) is 5.26 Å². The van der Waals surface area contributed by atoms with Crippen molar-refractivity contribution in [1.82, 2.24) is 4.90 Å². The number of likely N-dealkylation sites (tertiary alicyclic amines) is 1. The maximum atomic E-state index is 9.23. The summed E-state index contributed by atoms with van der Waals surface area (Å²) in [6, 6.07) is 7.25. The van der Waals surface area contributed by atoms with Crippen LogP contribution in [0.25, 0.3) is 0 Å². The predicted molar refractivity (Wildman–Crippen MR) is 79.5 cm³/mol. The van der Waals surface area contributed by atoms with Crippen molar-refractivity contribution in [2.45, 2.75) is 12.8 Å². The zero-order valence-electron chi connectivity index (χ0n) is 12.4. The molecule has 0 radical (unpaired) electrons. The normalized spacial score (nSPS) is 19.0. The second-order valence-corrected chi connectivity index (χ2v) is 5.32. The summed E-state index contributed by atoms with van der Waals surface area (Å²) in [5.41, 5.74) is 0.556. The molecule has 1 saturated heterocycles. The van der Waals surface area contributed by atoms with Crippen LogP contribution in [0.5, 0.6) is 11.5 Å². The third kappa shape index (κ3) is 4.35. The molecule has 114 valence electrons. The fraction of sp³-hybridized carbons (Fsp3) is 0.562. The van der Waals surface area contributed by atoms with Gasteiger partial charge in [-0.15, -0.1) is 0 Å². The summed E-state index contributed by atoms with van der Waals surface area (Å²) >= 11 is 0. The van der Waals surface area contributed by atoms with Crippen molar-refractivity contribution < 1.29 is 14.6 Å². The zero-order chi connectivity index (χ0) is 15.1. The van der Waals surface area contributed by atoms with Crippen molar-refractivity contribution in [3.8, 4) is 17.6 Å². The van der Waals surface area contributed by atoms with Gasteiger partial charge in [0, 0.05) is 25.8 Å². The molecule has 0 aliphatic carbocycles. The first-order chi connectivity index (χ1) is 10.3. The second kappa shape index (κ2) is 7.87. The highest BCUT2D eigenvalue weighted by Crippen LogP contribution is 2.27. The van der Waals surface area contributed by atoms with Gasteiger partial charge in [0.1, 0.15) is 6.61 Å². The van der Waals surface area contributed by atoms with Crippen LogP contribution >= 0.6 is 0 Å². The molecular weight excluding hydrogens is 268 g/mol. The van der Waals surface area contributed by atoms with Gasteiger partial charge in [-0.1, -0.05) is 0 Å². The Bertz CT molecular complexity index is 499. The van der Waals surface area contributed by atoms with Crippen molar-refractivity contribution in [1.29, 1.82) is 5.26 Å². The molecule has 1 N–H and O–H groups in total. The first-order valence-electron chi connectivity index (χ1n) is 7.31. The smallest absolute Gasteiger partial charge is 0.162 e. The van der Waals surface area contributed by atoms with Crippen molar-refractivity contribution in [3.05, 3.63) is 23.8 Å². The van der Waals surface area contributed by atoms with E-state index in [1.165, 1.54) is 0 Å². The molecule has 1 aromatic rings. The molecule has 0 amide bonds. The standard InChI is InChI=1S/C16H22N2O3/c1-20-16-9-13(10-17)4-5-15(16)21-8-7-18-6-2-3-14(11-18)12-19/h4-5,9,14,19H,2-3,6-8,11-12H2,1H3. The fourth-order valence-electron chi connectivity index (χ4n) is 2.64. The molecular formula is C16H22N2O3. The molecule has 5 heteroatoms. The Morgan fingerprint density at radius 1 is 1.43 bits per heavy atom. The number of rotatable bonds is 6. The molecule has 0 saturated carbocycles. The first kappa shape index (κ1) is 15.6. The van der Waals surface area contributed by atoms with Crippen molar-refractivity contribution in [2.75, 3.05) is 40.0 Å². The molecule has 1 heterocycles. The third-order valence-electron chi connectivity index (χ3n) is 3.82. The Morgan fingerprint density at radius 3 is 3.00 bits per heavy atom. The van der Waals surface area contributed by atoms with Gasteiger partial charge in [-0.05, 0) is 37.4 Å². The predicted octanol–water partition coefficient (Wildman–Crippen LogP) is 1.65. The lowest BCUT2D eigenvalue weighted by Crippen LogP contribution is -2.39. The minimum Gasteiger partial charge on any atom is -0.493 e. The molecule has 1 fully saturated rings. The number of benzene rings is 1. The summed E-state index contributed by atoms with van der Waals surface area (Å²) in [7, 11) is 1.57. The van der Waals surface area contributed by atoms with E-state index in [0.717, 1.165) is 32.5 Å². The lowest BCUT2D eigenvalue weighted by Gasteiger charge is -2.31. The molecule has 1 aliphatic heterocycles. The van der Waals surface area contributed by atoms with E-state index in [1.807, 2.05) is 0 Å². The number of aliphatic hydroxyl groups excluding tert-OH is 1. The monoisotopic (exact) mass is 290 g/mol. The molecule has 1 aliphatic rings. The van der Waals surface area contributed by atoms with Crippen LogP contribution in [0.2, 0.25) is 0 Å². The van der Waals surface area contributed by atoms with Crippen molar-refractivity contribution in [3.63, 3.8) is 0 Å². The largest absolute Gasteiger partial charge is 0.493 e. The van der Waals surface area contributed by atoms with Gasteiger partial charge in [0.05, 0.1) is 18.7 Å². The van der Waals surface area contributed by atoms with Gasteiger partial charge in [-0.3, -0.25) is 4.90 Å². The summed E-state index contributed by atoms with van der Waals surface area (Å²) in [6.45, 7) is 3.66. The lowest BCUT2D eigenvalue weighted by molar-refractivity contribution is 0.107. The molecule has 0 bridgehead atoms. The van der Waals surface area contributed by atoms with E-state index < -0.39 is 0 Å². The zero-order valence-corrected chi connectivity index (χ0v) is 12.4. The van der Waals surface area contributed by atoms with E-state index in [1.54, 1.807) is 25.3 Å². The fourth-order valence-corrected chi connectivity index (χ4v) is 2.64. The minimum atomic E-state index is 0.265. The number of aliphatic hydroxyl groups is 1. The second-order valence-electron chi connectivity index (χ2n) is 5.32. The van der Waals surface area contributed by atoms with E-state index in [9.17, 15) is 5.11 Å². The van der Waals surface area contributed by atoms with Crippen LogP contribution < -0.4 is 9.47 Å². The number of ether oxygens (including phenoxy) is 2.